The quantitative estimate of drug-likeness (QED) is 0.861. The summed E-state index contributed by atoms with van der Waals surface area (Å²) in [7, 11) is 0. The van der Waals surface area contributed by atoms with E-state index in [4.69, 9.17) is 5.73 Å². The average molecular weight is 252 g/mol. The van der Waals surface area contributed by atoms with Gasteiger partial charge in [-0.15, -0.1) is 0 Å². The van der Waals surface area contributed by atoms with Crippen molar-refractivity contribution in [1.29, 1.82) is 0 Å². The molecule has 1 aliphatic rings. The van der Waals surface area contributed by atoms with E-state index in [9.17, 15) is 0 Å². The van der Waals surface area contributed by atoms with Crippen molar-refractivity contribution in [2.24, 2.45) is 0 Å². The lowest BCUT2D eigenvalue weighted by Crippen LogP contribution is -2.19. The molecule has 5 heteroatoms. The molecule has 1 fully saturated rings. The zero-order valence-electron chi connectivity index (χ0n) is 10.4. The molecule has 1 saturated carbocycles. The summed E-state index contributed by atoms with van der Waals surface area (Å²) in [5.41, 5.74) is 6.91. The maximum Gasteiger partial charge on any atom is 0.134 e. The highest BCUT2D eigenvalue weighted by Crippen LogP contribution is 2.31. The van der Waals surface area contributed by atoms with Crippen molar-refractivity contribution in [3.63, 3.8) is 0 Å². The molecule has 0 aliphatic heterocycles. The third kappa shape index (κ3) is 2.83. The molecule has 1 heterocycles. The smallest absolute Gasteiger partial charge is 0.134 e. The highest BCUT2D eigenvalue weighted by atomic mass is 32.2. The number of hydrogen-bond donors (Lipinski definition) is 2. The monoisotopic (exact) mass is 252 g/mol. The number of aromatic nitrogens is 2. The van der Waals surface area contributed by atoms with Crippen molar-refractivity contribution in [3.8, 4) is 0 Å². The zero-order valence-corrected chi connectivity index (χ0v) is 11.3. The molecule has 1 aromatic rings. The van der Waals surface area contributed by atoms with Gasteiger partial charge in [0.05, 0.1) is 0 Å². The van der Waals surface area contributed by atoms with Crippen LogP contribution in [0.1, 0.15) is 31.7 Å². The highest BCUT2D eigenvalue weighted by Gasteiger charge is 2.24. The van der Waals surface area contributed by atoms with Crippen LogP contribution in [0.4, 0.5) is 11.6 Å². The molecule has 0 aromatic carbocycles. The van der Waals surface area contributed by atoms with E-state index in [1.54, 1.807) is 0 Å². The summed E-state index contributed by atoms with van der Waals surface area (Å²) in [6.45, 7) is 2.08. The summed E-state index contributed by atoms with van der Waals surface area (Å²) in [5.74, 6) is 1.52. The van der Waals surface area contributed by atoms with Crippen LogP contribution in [0.3, 0.4) is 0 Å². The van der Waals surface area contributed by atoms with Crippen LogP contribution in [-0.4, -0.2) is 27.5 Å². The number of thioether (sulfide) groups is 1. The van der Waals surface area contributed by atoms with Crippen LogP contribution in [0, 0.1) is 0 Å². The highest BCUT2D eigenvalue weighted by molar-refractivity contribution is 7.99. The van der Waals surface area contributed by atoms with Crippen molar-refractivity contribution in [1.82, 2.24) is 9.97 Å². The number of nitrogens with one attached hydrogen (secondary N) is 1. The van der Waals surface area contributed by atoms with Crippen molar-refractivity contribution in [2.45, 2.75) is 43.9 Å². The van der Waals surface area contributed by atoms with Gasteiger partial charge in [-0.05, 0) is 31.9 Å². The molecule has 2 atom stereocenters. The Labute approximate surface area is 107 Å². The van der Waals surface area contributed by atoms with Gasteiger partial charge in [-0.2, -0.15) is 11.8 Å². The fraction of sp³-hybridized carbons (Fsp3) is 0.667. The first-order chi connectivity index (χ1) is 8.24. The summed E-state index contributed by atoms with van der Waals surface area (Å²) in [4.78, 5) is 8.35. The molecule has 4 nitrogen and oxygen atoms in total. The van der Waals surface area contributed by atoms with E-state index in [2.05, 4.69) is 28.5 Å². The number of nitrogen functional groups attached to an aromatic ring is 1. The van der Waals surface area contributed by atoms with Crippen molar-refractivity contribution < 1.29 is 0 Å². The molecule has 2 rings (SSSR count). The van der Waals surface area contributed by atoms with Crippen LogP contribution in [0.2, 0.25) is 0 Å². The normalized spacial score (nSPS) is 23.9. The zero-order chi connectivity index (χ0) is 12.3. The third-order valence-electron chi connectivity index (χ3n) is 3.39. The molecule has 3 N–H and O–H groups in total. The van der Waals surface area contributed by atoms with Crippen molar-refractivity contribution in [3.05, 3.63) is 11.9 Å². The molecule has 1 aromatic heterocycles. The van der Waals surface area contributed by atoms with E-state index < -0.39 is 0 Å². The number of rotatable bonds is 4. The Hall–Kier alpha value is -0.970. The predicted octanol–water partition coefficient (Wildman–Crippen LogP) is 2.32. The van der Waals surface area contributed by atoms with Crippen LogP contribution in [0.25, 0.3) is 0 Å². The summed E-state index contributed by atoms with van der Waals surface area (Å²) in [5, 5.41) is 4.31. The molecule has 0 saturated heterocycles. The van der Waals surface area contributed by atoms with Crippen molar-refractivity contribution in [2.75, 3.05) is 17.3 Å². The Bertz CT molecular complexity index is 383. The molecular weight excluding hydrogens is 232 g/mol. The van der Waals surface area contributed by atoms with Gasteiger partial charge in [0.2, 0.25) is 0 Å². The fourth-order valence-electron chi connectivity index (χ4n) is 2.38. The van der Waals surface area contributed by atoms with Gasteiger partial charge in [0, 0.05) is 16.9 Å². The lowest BCUT2D eigenvalue weighted by molar-refractivity contribution is 0.748. The topological polar surface area (TPSA) is 63.8 Å². The number of anilines is 2. The van der Waals surface area contributed by atoms with Gasteiger partial charge in [0.25, 0.3) is 0 Å². The first kappa shape index (κ1) is 12.5. The Morgan fingerprint density at radius 3 is 2.94 bits per heavy atom. The van der Waals surface area contributed by atoms with E-state index in [-0.39, 0.29) is 0 Å². The predicted molar refractivity (Wildman–Crippen MR) is 74.4 cm³/mol. The van der Waals surface area contributed by atoms with Crippen LogP contribution in [0.15, 0.2) is 6.33 Å². The molecule has 2 unspecified atom stereocenters. The summed E-state index contributed by atoms with van der Waals surface area (Å²) < 4.78 is 0. The molecule has 94 valence electrons. The Balaban J connectivity index is 2.06. The first-order valence-electron chi connectivity index (χ1n) is 6.13. The second-order valence-corrected chi connectivity index (χ2v) is 5.59. The lowest BCUT2D eigenvalue weighted by Gasteiger charge is -2.16. The maximum atomic E-state index is 5.86. The van der Waals surface area contributed by atoms with Crippen LogP contribution < -0.4 is 11.1 Å². The van der Waals surface area contributed by atoms with E-state index >= 15 is 0 Å². The van der Waals surface area contributed by atoms with Crippen LogP contribution in [0.5, 0.6) is 0 Å². The fourth-order valence-corrected chi connectivity index (χ4v) is 3.17. The number of hydrogen-bond acceptors (Lipinski definition) is 5. The summed E-state index contributed by atoms with van der Waals surface area (Å²) in [6, 6.07) is 0.534. The summed E-state index contributed by atoms with van der Waals surface area (Å²) >= 11 is 1.96. The molecular formula is C12H20N4S. The second-order valence-electron chi connectivity index (χ2n) is 4.45. The minimum Gasteiger partial charge on any atom is -0.383 e. The van der Waals surface area contributed by atoms with Gasteiger partial charge < -0.3 is 11.1 Å². The number of nitrogens with two attached hydrogens (primary N) is 1. The second kappa shape index (κ2) is 5.58. The Morgan fingerprint density at radius 1 is 1.47 bits per heavy atom. The molecule has 0 radical (unpaired) electrons. The van der Waals surface area contributed by atoms with E-state index in [1.165, 1.54) is 25.6 Å². The molecule has 0 bridgehead atoms. The van der Waals surface area contributed by atoms with Gasteiger partial charge in [-0.3, -0.25) is 0 Å². The largest absolute Gasteiger partial charge is 0.383 e. The molecule has 0 spiro atoms. The molecule has 0 amide bonds. The van der Waals surface area contributed by atoms with Gasteiger partial charge >= 0.3 is 0 Å². The first-order valence-corrected chi connectivity index (χ1v) is 7.42. The minimum absolute atomic E-state index is 0.534. The standard InChI is InChI=1S/C12H20N4S/c1-3-10-11(13)14-7-15-12(10)16-8-4-5-9(6-8)17-2/h7-9H,3-6H2,1-2H3,(H3,13,14,15,16). The van der Waals surface area contributed by atoms with E-state index in [1.807, 2.05) is 11.8 Å². The molecule has 1 aliphatic carbocycles. The average Bonchev–Trinajstić information content (AvgIpc) is 2.77. The Morgan fingerprint density at radius 2 is 2.29 bits per heavy atom. The lowest BCUT2D eigenvalue weighted by atomic mass is 10.2. The Kier molecular flexibility index (Phi) is 4.10. The van der Waals surface area contributed by atoms with Gasteiger partial charge in [-0.25, -0.2) is 9.97 Å². The van der Waals surface area contributed by atoms with Crippen LogP contribution >= 0.6 is 11.8 Å². The van der Waals surface area contributed by atoms with E-state index in [0.717, 1.165) is 23.1 Å². The van der Waals surface area contributed by atoms with Gasteiger partial charge in [-0.1, -0.05) is 6.92 Å². The maximum absolute atomic E-state index is 5.86. The van der Waals surface area contributed by atoms with Gasteiger partial charge in [0.1, 0.15) is 18.0 Å². The minimum atomic E-state index is 0.534. The van der Waals surface area contributed by atoms with E-state index in [0.29, 0.717) is 11.9 Å². The number of nitrogens with zero attached hydrogens (tertiary/aromatic N) is 2. The SMILES string of the molecule is CCc1c(N)ncnc1NC1CCC(SC)C1. The van der Waals surface area contributed by atoms with Crippen LogP contribution in [-0.2, 0) is 6.42 Å². The summed E-state index contributed by atoms with van der Waals surface area (Å²) in [6.07, 6.45) is 8.33. The molecule has 17 heavy (non-hydrogen) atoms. The van der Waals surface area contributed by atoms with Crippen molar-refractivity contribution >= 4 is 23.4 Å². The van der Waals surface area contributed by atoms with Gasteiger partial charge in [0.15, 0.2) is 0 Å². The third-order valence-corrected chi connectivity index (χ3v) is 4.49.